The van der Waals surface area contributed by atoms with E-state index < -0.39 is 0 Å². The molecule has 0 heterocycles. The van der Waals surface area contributed by atoms with Gasteiger partial charge in [0, 0.05) is 23.7 Å². The van der Waals surface area contributed by atoms with Crippen LogP contribution in [0.25, 0.3) is 0 Å². The summed E-state index contributed by atoms with van der Waals surface area (Å²) in [5.41, 5.74) is 3.62. The summed E-state index contributed by atoms with van der Waals surface area (Å²) in [6.45, 7) is 5.25. The molecule has 30 heavy (non-hydrogen) atoms. The number of benzene rings is 3. The first-order valence-corrected chi connectivity index (χ1v) is 9.95. The molecular weight excluding hydrogens is 378 g/mol. The highest BCUT2D eigenvalue weighted by Gasteiger charge is 2.12. The summed E-state index contributed by atoms with van der Waals surface area (Å²) in [7, 11) is 1.62. The van der Waals surface area contributed by atoms with Crippen molar-refractivity contribution in [2.45, 2.75) is 27.0 Å². The Morgan fingerprint density at radius 2 is 1.70 bits per heavy atom. The van der Waals surface area contributed by atoms with E-state index in [0.717, 1.165) is 16.9 Å². The molecular formula is C25H27NO4. The standard InChI is InChI=1S/C25H27NO4/c1-4-29-24-13-12-20(25(27)26-16-19-10-8-18(2)9-11-19)14-21(24)17-30-23-7-5-6-22(15-23)28-3/h5-15H,4,16-17H2,1-3H3,(H,26,27). The van der Waals surface area contributed by atoms with Gasteiger partial charge in [0.15, 0.2) is 0 Å². The van der Waals surface area contributed by atoms with E-state index in [1.807, 2.05) is 74.5 Å². The Balaban J connectivity index is 1.70. The van der Waals surface area contributed by atoms with Crippen molar-refractivity contribution in [3.8, 4) is 17.2 Å². The highest BCUT2D eigenvalue weighted by Crippen LogP contribution is 2.24. The van der Waals surface area contributed by atoms with Crippen LogP contribution < -0.4 is 19.5 Å². The molecule has 0 aliphatic rings. The highest BCUT2D eigenvalue weighted by atomic mass is 16.5. The first-order valence-electron chi connectivity index (χ1n) is 9.95. The molecule has 3 aromatic carbocycles. The van der Waals surface area contributed by atoms with Gasteiger partial charge >= 0.3 is 0 Å². The predicted octanol–water partition coefficient (Wildman–Crippen LogP) is 4.91. The van der Waals surface area contributed by atoms with Crippen molar-refractivity contribution in [3.05, 3.63) is 89.0 Å². The second-order valence-corrected chi connectivity index (χ2v) is 6.89. The van der Waals surface area contributed by atoms with Gasteiger partial charge < -0.3 is 19.5 Å². The Kier molecular flexibility index (Phi) is 7.33. The largest absolute Gasteiger partial charge is 0.497 e. The van der Waals surface area contributed by atoms with Crippen LogP contribution in [0.4, 0.5) is 0 Å². The molecule has 0 saturated heterocycles. The molecule has 1 N–H and O–H groups in total. The van der Waals surface area contributed by atoms with Gasteiger partial charge in [0.25, 0.3) is 5.91 Å². The number of hydrogen-bond acceptors (Lipinski definition) is 4. The summed E-state index contributed by atoms with van der Waals surface area (Å²) >= 11 is 0. The van der Waals surface area contributed by atoms with Crippen LogP contribution in [0.3, 0.4) is 0 Å². The van der Waals surface area contributed by atoms with Crippen LogP contribution in [-0.4, -0.2) is 19.6 Å². The average molecular weight is 405 g/mol. The van der Waals surface area contributed by atoms with Gasteiger partial charge in [-0.05, 0) is 49.7 Å². The molecule has 3 rings (SSSR count). The van der Waals surface area contributed by atoms with Crippen molar-refractivity contribution < 1.29 is 19.0 Å². The molecule has 0 bridgehead atoms. The van der Waals surface area contributed by atoms with Crippen LogP contribution in [0.5, 0.6) is 17.2 Å². The summed E-state index contributed by atoms with van der Waals surface area (Å²) < 4.78 is 16.8. The predicted molar refractivity (Wildman–Crippen MR) is 117 cm³/mol. The zero-order chi connectivity index (χ0) is 21.3. The van der Waals surface area contributed by atoms with E-state index in [1.54, 1.807) is 13.2 Å². The van der Waals surface area contributed by atoms with E-state index >= 15 is 0 Å². The maximum Gasteiger partial charge on any atom is 0.251 e. The first-order chi connectivity index (χ1) is 14.6. The number of hydrogen-bond donors (Lipinski definition) is 1. The van der Waals surface area contributed by atoms with E-state index in [1.165, 1.54) is 5.56 Å². The zero-order valence-electron chi connectivity index (χ0n) is 17.6. The summed E-state index contributed by atoms with van der Waals surface area (Å²) in [6.07, 6.45) is 0. The van der Waals surface area contributed by atoms with Crippen molar-refractivity contribution >= 4 is 5.91 Å². The van der Waals surface area contributed by atoms with Crippen LogP contribution in [-0.2, 0) is 13.2 Å². The normalized spacial score (nSPS) is 10.4. The Labute approximate surface area is 177 Å². The fourth-order valence-corrected chi connectivity index (χ4v) is 2.97. The summed E-state index contributed by atoms with van der Waals surface area (Å²) in [5, 5.41) is 2.97. The first kappa shape index (κ1) is 21.2. The number of nitrogens with one attached hydrogen (secondary N) is 1. The molecule has 0 fully saturated rings. The van der Waals surface area contributed by atoms with Crippen molar-refractivity contribution in [3.63, 3.8) is 0 Å². The molecule has 0 radical (unpaired) electrons. The molecule has 0 atom stereocenters. The molecule has 156 valence electrons. The lowest BCUT2D eigenvalue weighted by atomic mass is 10.1. The lowest BCUT2D eigenvalue weighted by Crippen LogP contribution is -2.23. The summed E-state index contributed by atoms with van der Waals surface area (Å²) in [5.74, 6) is 1.98. The molecule has 5 nitrogen and oxygen atoms in total. The third kappa shape index (κ3) is 5.77. The Morgan fingerprint density at radius 1 is 0.933 bits per heavy atom. The Hall–Kier alpha value is -3.47. The van der Waals surface area contributed by atoms with Gasteiger partial charge in [-0.15, -0.1) is 0 Å². The number of carbonyl (C=O) groups is 1. The molecule has 0 spiro atoms. The maximum absolute atomic E-state index is 12.7. The fraction of sp³-hybridized carbons (Fsp3) is 0.240. The number of carbonyl (C=O) groups excluding carboxylic acids is 1. The molecule has 0 aromatic heterocycles. The summed E-state index contributed by atoms with van der Waals surface area (Å²) in [6, 6.07) is 20.9. The van der Waals surface area contributed by atoms with Crippen LogP contribution >= 0.6 is 0 Å². The van der Waals surface area contributed by atoms with Crippen LogP contribution in [0.2, 0.25) is 0 Å². The number of amides is 1. The van der Waals surface area contributed by atoms with Gasteiger partial charge in [-0.25, -0.2) is 0 Å². The van der Waals surface area contributed by atoms with Crippen molar-refractivity contribution in [1.29, 1.82) is 0 Å². The lowest BCUT2D eigenvalue weighted by molar-refractivity contribution is 0.0950. The smallest absolute Gasteiger partial charge is 0.251 e. The maximum atomic E-state index is 12.7. The van der Waals surface area contributed by atoms with E-state index in [4.69, 9.17) is 14.2 Å². The minimum atomic E-state index is -0.138. The quantitative estimate of drug-likeness (QED) is 0.549. The zero-order valence-corrected chi connectivity index (χ0v) is 17.6. The minimum absolute atomic E-state index is 0.138. The van der Waals surface area contributed by atoms with E-state index in [2.05, 4.69) is 5.32 Å². The van der Waals surface area contributed by atoms with E-state index in [-0.39, 0.29) is 12.5 Å². The Bertz CT molecular complexity index is 983. The van der Waals surface area contributed by atoms with Gasteiger partial charge in [-0.1, -0.05) is 35.9 Å². The molecule has 0 aliphatic heterocycles. The van der Waals surface area contributed by atoms with Gasteiger partial charge in [0.1, 0.15) is 23.9 Å². The number of methoxy groups -OCH3 is 1. The number of ether oxygens (including phenoxy) is 3. The van der Waals surface area contributed by atoms with Gasteiger partial charge in [-0.2, -0.15) is 0 Å². The van der Waals surface area contributed by atoms with Crippen LogP contribution in [0, 0.1) is 6.92 Å². The lowest BCUT2D eigenvalue weighted by Gasteiger charge is -2.14. The molecule has 0 saturated carbocycles. The average Bonchev–Trinajstić information content (AvgIpc) is 2.78. The van der Waals surface area contributed by atoms with Crippen molar-refractivity contribution in [1.82, 2.24) is 5.32 Å². The van der Waals surface area contributed by atoms with E-state index in [0.29, 0.717) is 30.2 Å². The van der Waals surface area contributed by atoms with Crippen LogP contribution in [0.1, 0.15) is 34.0 Å². The number of rotatable bonds is 9. The number of aryl methyl sites for hydroxylation is 1. The monoisotopic (exact) mass is 405 g/mol. The van der Waals surface area contributed by atoms with Gasteiger partial charge in [0.2, 0.25) is 0 Å². The van der Waals surface area contributed by atoms with Gasteiger partial charge in [0.05, 0.1) is 13.7 Å². The third-order valence-corrected chi connectivity index (χ3v) is 4.63. The van der Waals surface area contributed by atoms with Crippen LogP contribution in [0.15, 0.2) is 66.7 Å². The summed E-state index contributed by atoms with van der Waals surface area (Å²) in [4.78, 5) is 12.7. The Morgan fingerprint density at radius 3 is 2.43 bits per heavy atom. The van der Waals surface area contributed by atoms with Crippen molar-refractivity contribution in [2.24, 2.45) is 0 Å². The molecule has 0 aliphatic carbocycles. The topological polar surface area (TPSA) is 56.8 Å². The second kappa shape index (κ2) is 10.3. The second-order valence-electron chi connectivity index (χ2n) is 6.89. The van der Waals surface area contributed by atoms with Crippen molar-refractivity contribution in [2.75, 3.05) is 13.7 Å². The highest BCUT2D eigenvalue weighted by molar-refractivity contribution is 5.94. The van der Waals surface area contributed by atoms with Gasteiger partial charge in [-0.3, -0.25) is 4.79 Å². The SMILES string of the molecule is CCOc1ccc(C(=O)NCc2ccc(C)cc2)cc1COc1cccc(OC)c1. The van der Waals surface area contributed by atoms with E-state index in [9.17, 15) is 4.79 Å². The molecule has 3 aromatic rings. The molecule has 0 unspecified atom stereocenters. The molecule has 5 heteroatoms. The molecule has 1 amide bonds. The fourth-order valence-electron chi connectivity index (χ4n) is 2.97. The minimum Gasteiger partial charge on any atom is -0.497 e. The third-order valence-electron chi connectivity index (χ3n) is 4.63.